The lowest BCUT2D eigenvalue weighted by Gasteiger charge is -2.33. The van der Waals surface area contributed by atoms with Gasteiger partial charge in [0.15, 0.2) is 11.4 Å². The minimum absolute atomic E-state index is 0.227. The largest absolute Gasteiger partial charge is 0.493 e. The summed E-state index contributed by atoms with van der Waals surface area (Å²) >= 11 is 0. The van der Waals surface area contributed by atoms with E-state index in [1.165, 1.54) is 0 Å². The number of hydrogen-bond donors (Lipinski definition) is 2. The lowest BCUT2D eigenvalue weighted by molar-refractivity contribution is -0.135. The minimum atomic E-state index is -1.20. The van der Waals surface area contributed by atoms with Crippen LogP contribution in [0.1, 0.15) is 17.7 Å². The van der Waals surface area contributed by atoms with Crippen molar-refractivity contribution in [2.75, 3.05) is 18.5 Å². The van der Waals surface area contributed by atoms with Gasteiger partial charge in [0.05, 0.1) is 6.61 Å². The second-order valence-electron chi connectivity index (χ2n) is 6.19. The Morgan fingerprint density at radius 1 is 1.38 bits per heavy atom. The Bertz CT molecular complexity index is 908. The summed E-state index contributed by atoms with van der Waals surface area (Å²) in [7, 11) is 0. The fourth-order valence-corrected chi connectivity index (χ4v) is 3.27. The maximum atomic E-state index is 13.0. The molecule has 0 radical (unpaired) electrons. The Balaban J connectivity index is 1.56. The van der Waals surface area contributed by atoms with Gasteiger partial charge < -0.3 is 19.9 Å². The summed E-state index contributed by atoms with van der Waals surface area (Å²) < 4.78 is 10.4. The molecule has 9 nitrogen and oxygen atoms in total. The van der Waals surface area contributed by atoms with Crippen LogP contribution in [0.2, 0.25) is 0 Å². The number of aromatic nitrogens is 1. The Labute approximate surface area is 148 Å². The third-order valence-electron chi connectivity index (χ3n) is 4.45. The molecular weight excluding hydrogens is 340 g/mol. The maximum absolute atomic E-state index is 13.0. The van der Waals surface area contributed by atoms with Crippen molar-refractivity contribution in [2.45, 2.75) is 18.9 Å². The molecule has 4 amide bonds. The molecular formula is C17H16N4O5. The molecule has 134 valence electrons. The number of amides is 4. The first-order valence-electron chi connectivity index (χ1n) is 8.09. The molecule has 2 aliphatic rings. The fraction of sp³-hybridized carbons (Fsp3) is 0.294. The van der Waals surface area contributed by atoms with Crippen molar-refractivity contribution < 1.29 is 23.6 Å². The summed E-state index contributed by atoms with van der Waals surface area (Å²) in [6.07, 6.45) is 0.301. The monoisotopic (exact) mass is 356 g/mol. The molecule has 2 N–H and O–H groups in total. The normalized spacial score (nSPS) is 21.3. The van der Waals surface area contributed by atoms with Gasteiger partial charge in [0.2, 0.25) is 5.91 Å². The van der Waals surface area contributed by atoms with Crippen LogP contribution in [0.25, 0.3) is 0 Å². The van der Waals surface area contributed by atoms with Gasteiger partial charge in [0.1, 0.15) is 18.1 Å². The number of nitrogens with zero attached hydrogens (tertiary/aromatic N) is 2. The number of carbonyl (C=O) groups excluding carboxylic acids is 3. The van der Waals surface area contributed by atoms with Crippen molar-refractivity contribution in [1.29, 1.82) is 0 Å². The smallest absolute Gasteiger partial charge is 0.325 e. The van der Waals surface area contributed by atoms with Gasteiger partial charge in [0, 0.05) is 18.1 Å². The highest BCUT2D eigenvalue weighted by molar-refractivity contribution is 6.10. The molecule has 0 saturated carbocycles. The number of hydrogen-bond acceptors (Lipinski definition) is 6. The molecule has 4 rings (SSSR count). The highest BCUT2D eigenvalue weighted by atomic mass is 16.5. The molecule has 1 aromatic carbocycles. The van der Waals surface area contributed by atoms with E-state index in [9.17, 15) is 14.4 Å². The first-order valence-corrected chi connectivity index (χ1v) is 8.09. The molecule has 0 bridgehead atoms. The van der Waals surface area contributed by atoms with Gasteiger partial charge in [0.25, 0.3) is 5.91 Å². The highest BCUT2D eigenvalue weighted by Crippen LogP contribution is 2.40. The van der Waals surface area contributed by atoms with E-state index in [0.29, 0.717) is 30.1 Å². The van der Waals surface area contributed by atoms with Crippen molar-refractivity contribution >= 4 is 23.7 Å². The van der Waals surface area contributed by atoms with Gasteiger partial charge in [-0.2, -0.15) is 0 Å². The summed E-state index contributed by atoms with van der Waals surface area (Å²) in [5.74, 6) is 0.305. The zero-order valence-electron chi connectivity index (χ0n) is 13.9. The van der Waals surface area contributed by atoms with Crippen LogP contribution in [0, 0.1) is 6.92 Å². The number of anilines is 1. The number of fused-ring (bicyclic) bond motifs is 2. The number of nitrogens with one attached hydrogen (secondary N) is 2. The second kappa shape index (κ2) is 5.87. The summed E-state index contributed by atoms with van der Waals surface area (Å²) in [5.41, 5.74) is -0.601. The number of imide groups is 1. The molecule has 0 aliphatic carbocycles. The summed E-state index contributed by atoms with van der Waals surface area (Å²) in [5, 5.41) is 8.89. The van der Waals surface area contributed by atoms with Crippen molar-refractivity contribution in [3.8, 4) is 5.75 Å². The maximum Gasteiger partial charge on any atom is 0.325 e. The zero-order chi connectivity index (χ0) is 18.3. The van der Waals surface area contributed by atoms with E-state index in [2.05, 4.69) is 15.8 Å². The Morgan fingerprint density at radius 2 is 2.19 bits per heavy atom. The molecule has 1 unspecified atom stereocenters. The molecule has 9 heteroatoms. The van der Waals surface area contributed by atoms with E-state index in [1.54, 1.807) is 37.3 Å². The topological polar surface area (TPSA) is 114 Å². The van der Waals surface area contributed by atoms with Gasteiger partial charge in [-0.25, -0.2) is 4.79 Å². The second-order valence-corrected chi connectivity index (χ2v) is 6.19. The van der Waals surface area contributed by atoms with Crippen LogP contribution < -0.4 is 15.4 Å². The van der Waals surface area contributed by atoms with E-state index < -0.39 is 29.9 Å². The number of benzene rings is 1. The van der Waals surface area contributed by atoms with Gasteiger partial charge in [-0.15, -0.1) is 0 Å². The molecule has 1 aromatic heterocycles. The molecule has 3 heterocycles. The van der Waals surface area contributed by atoms with E-state index in [-0.39, 0.29) is 5.82 Å². The summed E-state index contributed by atoms with van der Waals surface area (Å²) in [4.78, 5) is 38.5. The number of urea groups is 1. The molecule has 2 aromatic rings. The third-order valence-corrected chi connectivity index (χ3v) is 4.45. The molecule has 26 heavy (non-hydrogen) atoms. The minimum Gasteiger partial charge on any atom is -0.493 e. The SMILES string of the molecule is Cc1cc(NC(=O)CN2C(=O)NC3(CCOc4ccccc43)C2=O)no1. The summed E-state index contributed by atoms with van der Waals surface area (Å²) in [6.45, 7) is 1.56. The lowest BCUT2D eigenvalue weighted by atomic mass is 9.84. The van der Waals surface area contributed by atoms with Crippen molar-refractivity contribution in [3.05, 3.63) is 41.7 Å². The predicted molar refractivity (Wildman–Crippen MR) is 88.3 cm³/mol. The summed E-state index contributed by atoms with van der Waals surface area (Å²) in [6, 6.07) is 7.99. The average Bonchev–Trinajstić information content (AvgIpc) is 3.12. The Morgan fingerprint density at radius 3 is 2.96 bits per heavy atom. The van der Waals surface area contributed by atoms with Crippen LogP contribution in [0.4, 0.5) is 10.6 Å². The quantitative estimate of drug-likeness (QED) is 0.798. The van der Waals surface area contributed by atoms with Gasteiger partial charge in [-0.1, -0.05) is 23.4 Å². The molecule has 1 atom stereocenters. The van der Waals surface area contributed by atoms with Crippen molar-refractivity contribution in [3.63, 3.8) is 0 Å². The third kappa shape index (κ3) is 2.48. The predicted octanol–water partition coefficient (Wildman–Crippen LogP) is 1.15. The molecule has 1 saturated heterocycles. The van der Waals surface area contributed by atoms with Crippen LogP contribution in [0.5, 0.6) is 5.75 Å². The first-order chi connectivity index (χ1) is 12.5. The van der Waals surface area contributed by atoms with E-state index >= 15 is 0 Å². The Hall–Kier alpha value is -3.36. The van der Waals surface area contributed by atoms with Crippen LogP contribution in [0.3, 0.4) is 0 Å². The number of para-hydroxylation sites is 1. The van der Waals surface area contributed by atoms with E-state index in [1.807, 2.05) is 0 Å². The molecule has 2 aliphatic heterocycles. The lowest BCUT2D eigenvalue weighted by Crippen LogP contribution is -2.48. The Kier molecular flexibility index (Phi) is 3.64. The average molecular weight is 356 g/mol. The number of carbonyl (C=O) groups is 3. The van der Waals surface area contributed by atoms with E-state index in [0.717, 1.165) is 4.90 Å². The van der Waals surface area contributed by atoms with Crippen molar-refractivity contribution in [2.24, 2.45) is 0 Å². The number of ether oxygens (including phenoxy) is 1. The van der Waals surface area contributed by atoms with Crippen LogP contribution in [-0.2, 0) is 15.1 Å². The number of rotatable bonds is 3. The van der Waals surface area contributed by atoms with Gasteiger partial charge in [-0.05, 0) is 13.0 Å². The fourth-order valence-electron chi connectivity index (χ4n) is 3.27. The molecule has 1 spiro atoms. The van der Waals surface area contributed by atoms with Crippen LogP contribution in [0.15, 0.2) is 34.9 Å². The van der Waals surface area contributed by atoms with Gasteiger partial charge in [-0.3, -0.25) is 14.5 Å². The van der Waals surface area contributed by atoms with Gasteiger partial charge >= 0.3 is 6.03 Å². The number of aryl methyl sites for hydroxylation is 1. The highest BCUT2D eigenvalue weighted by Gasteiger charge is 2.55. The zero-order valence-corrected chi connectivity index (χ0v) is 13.9. The standard InChI is InChI=1S/C17H16N4O5/c1-10-8-13(20-26-10)18-14(22)9-21-15(23)17(19-16(21)24)6-7-25-12-5-3-2-4-11(12)17/h2-5,8H,6-7,9H2,1H3,(H,19,24)(H,18,20,22). The van der Waals surface area contributed by atoms with Crippen LogP contribution in [-0.4, -0.2) is 41.1 Å². The van der Waals surface area contributed by atoms with E-state index in [4.69, 9.17) is 9.26 Å². The first kappa shape index (κ1) is 16.1. The van der Waals surface area contributed by atoms with Crippen molar-refractivity contribution in [1.82, 2.24) is 15.4 Å². The molecule has 1 fully saturated rings. The van der Waals surface area contributed by atoms with Crippen LogP contribution >= 0.6 is 0 Å².